The molecule has 0 aliphatic rings. The van der Waals surface area contributed by atoms with E-state index < -0.39 is 0 Å². The van der Waals surface area contributed by atoms with Crippen molar-refractivity contribution < 1.29 is 9.47 Å². The zero-order valence-corrected chi connectivity index (χ0v) is 10.0. The smallest absolute Gasteiger partial charge is 0.348 e. The second-order valence-corrected chi connectivity index (χ2v) is 3.56. The summed E-state index contributed by atoms with van der Waals surface area (Å²) < 4.78 is 11.5. The molecule has 2 heterocycles. The number of aromatic amines is 1. The van der Waals surface area contributed by atoms with Crippen molar-refractivity contribution in [1.82, 2.24) is 19.6 Å². The highest BCUT2D eigenvalue weighted by atomic mass is 16.5. The van der Waals surface area contributed by atoms with Gasteiger partial charge in [0.05, 0.1) is 19.8 Å². The van der Waals surface area contributed by atoms with E-state index in [1.165, 1.54) is 10.7 Å². The van der Waals surface area contributed by atoms with Crippen LogP contribution < -0.4 is 11.0 Å². The number of aromatic nitrogens is 4. The Morgan fingerprint density at radius 1 is 1.44 bits per heavy atom. The standard InChI is InChI=1S/C10H15N5O3/c1-17-4-5-18-3-2-11-8-6-9-13-14-10(16)15(9)7-12-8/h6-7,11H,2-5H2,1H3,(H,14,16). The lowest BCUT2D eigenvalue weighted by Gasteiger charge is -2.06. The quantitative estimate of drug-likeness (QED) is 0.646. The number of methoxy groups -OCH3 is 1. The summed E-state index contributed by atoms with van der Waals surface area (Å²) in [5.74, 6) is 0.650. The molecule has 0 radical (unpaired) electrons. The van der Waals surface area contributed by atoms with Crippen LogP contribution in [0, 0.1) is 0 Å². The zero-order chi connectivity index (χ0) is 12.8. The first-order chi connectivity index (χ1) is 8.81. The maximum atomic E-state index is 11.2. The first kappa shape index (κ1) is 12.5. The number of hydrogen-bond donors (Lipinski definition) is 2. The van der Waals surface area contributed by atoms with Crippen LogP contribution in [0.1, 0.15) is 0 Å². The largest absolute Gasteiger partial charge is 0.382 e. The van der Waals surface area contributed by atoms with Gasteiger partial charge in [0.25, 0.3) is 0 Å². The predicted molar refractivity (Wildman–Crippen MR) is 64.8 cm³/mol. The third-order valence-corrected chi connectivity index (χ3v) is 2.29. The van der Waals surface area contributed by atoms with Gasteiger partial charge < -0.3 is 14.8 Å². The van der Waals surface area contributed by atoms with Crippen molar-refractivity contribution in [2.45, 2.75) is 0 Å². The Balaban J connectivity index is 1.83. The first-order valence-electron chi connectivity index (χ1n) is 5.54. The molecule has 0 unspecified atom stereocenters. The third kappa shape index (κ3) is 3.05. The normalized spacial score (nSPS) is 10.9. The van der Waals surface area contributed by atoms with Crippen molar-refractivity contribution >= 4 is 11.5 Å². The van der Waals surface area contributed by atoms with Crippen molar-refractivity contribution in [3.8, 4) is 0 Å². The number of hydrogen-bond acceptors (Lipinski definition) is 6. The fourth-order valence-corrected chi connectivity index (χ4v) is 1.40. The molecule has 0 aliphatic heterocycles. The molecule has 0 spiro atoms. The summed E-state index contributed by atoms with van der Waals surface area (Å²) in [5, 5.41) is 9.27. The van der Waals surface area contributed by atoms with Crippen LogP contribution in [0.25, 0.3) is 5.65 Å². The van der Waals surface area contributed by atoms with Crippen LogP contribution in [0.15, 0.2) is 17.2 Å². The van der Waals surface area contributed by atoms with E-state index in [4.69, 9.17) is 9.47 Å². The molecule has 8 heteroatoms. The minimum absolute atomic E-state index is 0.299. The second kappa shape index (κ2) is 6.12. The van der Waals surface area contributed by atoms with Crippen molar-refractivity contribution in [2.75, 3.05) is 38.8 Å². The summed E-state index contributed by atoms with van der Waals surface area (Å²) in [6.07, 6.45) is 1.43. The van der Waals surface area contributed by atoms with E-state index in [-0.39, 0.29) is 5.69 Å². The molecular weight excluding hydrogens is 238 g/mol. The topological polar surface area (TPSA) is 93.5 Å². The molecule has 0 aromatic carbocycles. The van der Waals surface area contributed by atoms with Gasteiger partial charge in [-0.05, 0) is 0 Å². The van der Waals surface area contributed by atoms with Gasteiger partial charge in [-0.15, -0.1) is 0 Å². The minimum atomic E-state index is -0.299. The summed E-state index contributed by atoms with van der Waals surface area (Å²) in [6, 6.07) is 1.69. The molecule has 2 N–H and O–H groups in total. The molecule has 98 valence electrons. The SMILES string of the molecule is COCCOCCNc1cc2n[nH]c(=O)n2cn1. The zero-order valence-electron chi connectivity index (χ0n) is 10.0. The van der Waals surface area contributed by atoms with Gasteiger partial charge in [0.15, 0.2) is 5.65 Å². The summed E-state index contributed by atoms with van der Waals surface area (Å²) in [5.41, 5.74) is 0.227. The molecule has 0 bridgehead atoms. The van der Waals surface area contributed by atoms with Crippen LogP contribution in [0.3, 0.4) is 0 Å². The molecule has 2 rings (SSSR count). The van der Waals surface area contributed by atoms with Crippen LogP contribution in [0.5, 0.6) is 0 Å². The van der Waals surface area contributed by atoms with Gasteiger partial charge in [-0.25, -0.2) is 19.3 Å². The Labute approximate surface area is 103 Å². The number of nitrogens with zero attached hydrogens (tertiary/aromatic N) is 3. The molecule has 0 atom stereocenters. The molecule has 0 aliphatic carbocycles. The molecule has 18 heavy (non-hydrogen) atoms. The Morgan fingerprint density at radius 3 is 3.17 bits per heavy atom. The number of H-pyrrole nitrogens is 1. The number of anilines is 1. The summed E-state index contributed by atoms with van der Waals surface area (Å²) in [7, 11) is 1.63. The van der Waals surface area contributed by atoms with Crippen molar-refractivity contribution in [3.63, 3.8) is 0 Å². The Morgan fingerprint density at radius 2 is 2.33 bits per heavy atom. The average Bonchev–Trinajstić information content (AvgIpc) is 2.75. The van der Waals surface area contributed by atoms with Crippen LogP contribution in [-0.2, 0) is 9.47 Å². The Hall–Kier alpha value is -1.93. The van der Waals surface area contributed by atoms with Crippen molar-refractivity contribution in [1.29, 1.82) is 0 Å². The molecule has 0 amide bonds. The number of nitrogens with one attached hydrogen (secondary N) is 2. The predicted octanol–water partition coefficient (Wildman–Crippen LogP) is -0.507. The van der Waals surface area contributed by atoms with Crippen molar-refractivity contribution in [2.24, 2.45) is 0 Å². The molecule has 8 nitrogen and oxygen atoms in total. The van der Waals surface area contributed by atoms with E-state index in [0.29, 0.717) is 37.8 Å². The third-order valence-electron chi connectivity index (χ3n) is 2.29. The highest BCUT2D eigenvalue weighted by Gasteiger charge is 2.01. The lowest BCUT2D eigenvalue weighted by Crippen LogP contribution is -2.14. The molecule has 2 aromatic heterocycles. The molecular formula is C10H15N5O3. The fourth-order valence-electron chi connectivity index (χ4n) is 1.40. The summed E-state index contributed by atoms with van der Waals surface area (Å²) in [4.78, 5) is 15.3. The van der Waals surface area contributed by atoms with E-state index in [1.54, 1.807) is 13.2 Å². The number of rotatable bonds is 7. The van der Waals surface area contributed by atoms with E-state index in [2.05, 4.69) is 20.5 Å². The van der Waals surface area contributed by atoms with Gasteiger partial charge >= 0.3 is 5.69 Å². The van der Waals surface area contributed by atoms with Gasteiger partial charge in [-0.2, -0.15) is 5.10 Å². The van der Waals surface area contributed by atoms with E-state index in [1.807, 2.05) is 0 Å². The van der Waals surface area contributed by atoms with E-state index in [0.717, 1.165) is 0 Å². The molecule has 2 aromatic rings. The van der Waals surface area contributed by atoms with Gasteiger partial charge in [0.1, 0.15) is 12.1 Å². The van der Waals surface area contributed by atoms with Crippen molar-refractivity contribution in [3.05, 3.63) is 22.9 Å². The molecule has 0 fully saturated rings. The van der Waals surface area contributed by atoms with E-state index >= 15 is 0 Å². The van der Waals surface area contributed by atoms with Crippen LogP contribution >= 0.6 is 0 Å². The highest BCUT2D eigenvalue weighted by molar-refractivity contribution is 5.48. The Bertz CT molecular complexity index is 550. The van der Waals surface area contributed by atoms with Gasteiger partial charge in [0.2, 0.25) is 0 Å². The second-order valence-electron chi connectivity index (χ2n) is 3.56. The van der Waals surface area contributed by atoms with Crippen LogP contribution in [0.4, 0.5) is 5.82 Å². The van der Waals surface area contributed by atoms with Gasteiger partial charge in [0, 0.05) is 19.7 Å². The van der Waals surface area contributed by atoms with E-state index in [9.17, 15) is 4.79 Å². The minimum Gasteiger partial charge on any atom is -0.382 e. The lowest BCUT2D eigenvalue weighted by molar-refractivity contribution is 0.0759. The number of fused-ring (bicyclic) bond motifs is 1. The Kier molecular flexibility index (Phi) is 4.26. The monoisotopic (exact) mass is 253 g/mol. The van der Waals surface area contributed by atoms with Crippen LogP contribution in [0.2, 0.25) is 0 Å². The maximum Gasteiger partial charge on any atom is 0.348 e. The fraction of sp³-hybridized carbons (Fsp3) is 0.500. The average molecular weight is 253 g/mol. The molecule has 0 saturated carbocycles. The van der Waals surface area contributed by atoms with Gasteiger partial charge in [-0.1, -0.05) is 0 Å². The summed E-state index contributed by atoms with van der Waals surface area (Å²) in [6.45, 7) is 2.34. The molecule has 0 saturated heterocycles. The summed E-state index contributed by atoms with van der Waals surface area (Å²) >= 11 is 0. The highest BCUT2D eigenvalue weighted by Crippen LogP contribution is 2.03. The lowest BCUT2D eigenvalue weighted by atomic mass is 10.5. The van der Waals surface area contributed by atoms with Gasteiger partial charge in [-0.3, -0.25) is 0 Å². The maximum absolute atomic E-state index is 11.2. The number of ether oxygens (including phenoxy) is 2. The first-order valence-corrected chi connectivity index (χ1v) is 5.54. The van der Waals surface area contributed by atoms with Crippen LogP contribution in [-0.4, -0.2) is 53.1 Å².